The zero-order chi connectivity index (χ0) is 16.1. The third-order valence-electron chi connectivity index (χ3n) is 3.14. The van der Waals surface area contributed by atoms with Crippen LogP contribution in [-0.2, 0) is 4.79 Å². The molecule has 0 radical (unpaired) electrons. The van der Waals surface area contributed by atoms with E-state index >= 15 is 0 Å². The van der Waals surface area contributed by atoms with Crippen LogP contribution in [0.4, 0.5) is 0 Å². The minimum atomic E-state index is -0.440. The van der Waals surface area contributed by atoms with Gasteiger partial charge >= 0.3 is 5.97 Å². The van der Waals surface area contributed by atoms with Crippen molar-refractivity contribution in [2.24, 2.45) is 0 Å². The molecule has 1 atom stereocenters. The van der Waals surface area contributed by atoms with Gasteiger partial charge in [-0.2, -0.15) is 0 Å². The number of esters is 1. The fourth-order valence-corrected chi connectivity index (χ4v) is 2.16. The summed E-state index contributed by atoms with van der Waals surface area (Å²) in [5.41, 5.74) is 2.24. The van der Waals surface area contributed by atoms with Gasteiger partial charge in [0.15, 0.2) is 0 Å². The number of hydrogen-bond donors (Lipinski definition) is 0. The van der Waals surface area contributed by atoms with E-state index in [0.29, 0.717) is 11.3 Å². The van der Waals surface area contributed by atoms with Crippen LogP contribution in [0.3, 0.4) is 0 Å². The zero-order valence-corrected chi connectivity index (χ0v) is 13.3. The lowest BCUT2D eigenvalue weighted by atomic mass is 10.0. The average molecular weight is 317 g/mol. The van der Waals surface area contributed by atoms with Gasteiger partial charge in [0.05, 0.1) is 12.5 Å². The molecule has 2 aromatic carbocycles. The molecule has 114 valence electrons. The molecule has 0 aromatic heterocycles. The SMILES string of the molecule is C=C(C)C(=O)Oc1ccc(C(Cl)c2ccc(OC)cc2)cc1. The Morgan fingerprint density at radius 1 is 1.00 bits per heavy atom. The maximum absolute atomic E-state index is 11.5. The van der Waals surface area contributed by atoms with Crippen molar-refractivity contribution in [3.63, 3.8) is 0 Å². The Morgan fingerprint density at radius 3 is 1.86 bits per heavy atom. The number of hydrogen-bond acceptors (Lipinski definition) is 3. The van der Waals surface area contributed by atoms with E-state index in [1.54, 1.807) is 26.2 Å². The number of rotatable bonds is 5. The second-order valence-corrected chi connectivity index (χ2v) is 5.31. The summed E-state index contributed by atoms with van der Waals surface area (Å²) < 4.78 is 10.3. The molecule has 22 heavy (non-hydrogen) atoms. The van der Waals surface area contributed by atoms with Crippen molar-refractivity contribution in [2.75, 3.05) is 7.11 Å². The lowest BCUT2D eigenvalue weighted by Gasteiger charge is -2.12. The molecule has 0 aliphatic rings. The van der Waals surface area contributed by atoms with E-state index in [9.17, 15) is 4.79 Å². The number of carbonyl (C=O) groups is 1. The van der Waals surface area contributed by atoms with Gasteiger partial charge in [0.2, 0.25) is 0 Å². The Kier molecular flexibility index (Phi) is 5.23. The highest BCUT2D eigenvalue weighted by Gasteiger charge is 2.12. The summed E-state index contributed by atoms with van der Waals surface area (Å²) >= 11 is 6.47. The van der Waals surface area contributed by atoms with Crippen LogP contribution < -0.4 is 9.47 Å². The van der Waals surface area contributed by atoms with E-state index in [4.69, 9.17) is 21.1 Å². The van der Waals surface area contributed by atoms with Gasteiger partial charge in [0, 0.05) is 5.57 Å². The molecule has 0 amide bonds. The van der Waals surface area contributed by atoms with Crippen molar-refractivity contribution in [1.82, 2.24) is 0 Å². The Hall–Kier alpha value is -2.26. The molecule has 0 fully saturated rings. The van der Waals surface area contributed by atoms with Crippen LogP contribution >= 0.6 is 11.6 Å². The van der Waals surface area contributed by atoms with Gasteiger partial charge in [0.25, 0.3) is 0 Å². The van der Waals surface area contributed by atoms with Crippen molar-refractivity contribution >= 4 is 17.6 Å². The number of methoxy groups -OCH3 is 1. The first kappa shape index (κ1) is 16.1. The van der Waals surface area contributed by atoms with Gasteiger partial charge in [-0.25, -0.2) is 4.79 Å². The van der Waals surface area contributed by atoms with Crippen molar-refractivity contribution in [2.45, 2.75) is 12.3 Å². The number of benzene rings is 2. The van der Waals surface area contributed by atoms with E-state index in [1.807, 2.05) is 36.4 Å². The highest BCUT2D eigenvalue weighted by molar-refractivity contribution is 6.22. The standard InChI is InChI=1S/C18H17ClO3/c1-12(2)18(20)22-16-10-6-14(7-11-16)17(19)13-4-8-15(21-3)9-5-13/h4-11,17H,1H2,2-3H3. The molecule has 0 aliphatic heterocycles. The minimum Gasteiger partial charge on any atom is -0.497 e. The molecule has 0 N–H and O–H groups in total. The molecule has 4 heteroatoms. The second kappa shape index (κ2) is 7.14. The summed E-state index contributed by atoms with van der Waals surface area (Å²) in [6, 6.07) is 14.7. The largest absolute Gasteiger partial charge is 0.497 e. The molecule has 1 unspecified atom stereocenters. The predicted molar refractivity (Wildman–Crippen MR) is 87.6 cm³/mol. The van der Waals surface area contributed by atoms with Gasteiger partial charge in [-0.05, 0) is 42.3 Å². The van der Waals surface area contributed by atoms with Crippen molar-refractivity contribution in [3.05, 3.63) is 71.8 Å². The normalized spacial score (nSPS) is 11.6. The van der Waals surface area contributed by atoms with E-state index in [2.05, 4.69) is 6.58 Å². The molecule has 0 heterocycles. The van der Waals surface area contributed by atoms with E-state index in [0.717, 1.165) is 16.9 Å². The fraction of sp³-hybridized carbons (Fsp3) is 0.167. The van der Waals surface area contributed by atoms with Crippen LogP contribution in [0.15, 0.2) is 60.7 Å². The topological polar surface area (TPSA) is 35.5 Å². The average Bonchev–Trinajstić information content (AvgIpc) is 2.55. The fourth-order valence-electron chi connectivity index (χ4n) is 1.86. The van der Waals surface area contributed by atoms with Crippen molar-refractivity contribution in [1.29, 1.82) is 0 Å². The molecule has 0 spiro atoms. The molecule has 0 saturated carbocycles. The third kappa shape index (κ3) is 3.89. The lowest BCUT2D eigenvalue weighted by Crippen LogP contribution is -2.08. The molecule has 0 saturated heterocycles. The first-order valence-electron chi connectivity index (χ1n) is 6.77. The molecular weight excluding hydrogens is 300 g/mol. The van der Waals surface area contributed by atoms with Crippen LogP contribution in [-0.4, -0.2) is 13.1 Å². The van der Waals surface area contributed by atoms with E-state index in [1.165, 1.54) is 0 Å². The van der Waals surface area contributed by atoms with E-state index < -0.39 is 5.97 Å². The third-order valence-corrected chi connectivity index (χ3v) is 3.64. The highest BCUT2D eigenvalue weighted by Crippen LogP contribution is 2.30. The Bertz CT molecular complexity index is 660. The van der Waals surface area contributed by atoms with Crippen LogP contribution in [0.1, 0.15) is 23.4 Å². The van der Waals surface area contributed by atoms with Crippen LogP contribution in [0.5, 0.6) is 11.5 Å². The van der Waals surface area contributed by atoms with Crippen LogP contribution in [0, 0.1) is 0 Å². The minimum absolute atomic E-state index is 0.281. The highest BCUT2D eigenvalue weighted by atomic mass is 35.5. The van der Waals surface area contributed by atoms with Gasteiger partial charge in [-0.3, -0.25) is 0 Å². The summed E-state index contributed by atoms with van der Waals surface area (Å²) in [4.78, 5) is 11.5. The maximum atomic E-state index is 11.5. The molecule has 0 bridgehead atoms. The number of carbonyl (C=O) groups excluding carboxylic acids is 1. The number of ether oxygens (including phenoxy) is 2. The smallest absolute Gasteiger partial charge is 0.338 e. The van der Waals surface area contributed by atoms with Gasteiger partial charge < -0.3 is 9.47 Å². The predicted octanol–water partition coefficient (Wildman–Crippen LogP) is 4.50. The van der Waals surface area contributed by atoms with Crippen molar-refractivity contribution in [3.8, 4) is 11.5 Å². The summed E-state index contributed by atoms with van der Waals surface area (Å²) in [6.07, 6.45) is 0. The zero-order valence-electron chi connectivity index (χ0n) is 12.5. The Balaban J connectivity index is 2.11. The molecule has 2 rings (SSSR count). The van der Waals surface area contributed by atoms with Gasteiger partial charge in [-0.1, -0.05) is 30.8 Å². The summed E-state index contributed by atoms with van der Waals surface area (Å²) in [5, 5.41) is -0.281. The summed E-state index contributed by atoms with van der Waals surface area (Å²) in [5.74, 6) is 0.815. The first-order chi connectivity index (χ1) is 10.5. The second-order valence-electron chi connectivity index (χ2n) is 4.87. The summed E-state index contributed by atoms with van der Waals surface area (Å²) in [7, 11) is 1.62. The number of alkyl halides is 1. The van der Waals surface area contributed by atoms with Gasteiger partial charge in [-0.15, -0.1) is 11.6 Å². The maximum Gasteiger partial charge on any atom is 0.338 e. The monoisotopic (exact) mass is 316 g/mol. The lowest BCUT2D eigenvalue weighted by molar-refractivity contribution is -0.130. The Labute approximate surface area is 135 Å². The molecule has 0 aliphatic carbocycles. The number of halogens is 1. The van der Waals surface area contributed by atoms with Gasteiger partial charge in [0.1, 0.15) is 11.5 Å². The van der Waals surface area contributed by atoms with Crippen LogP contribution in [0.25, 0.3) is 0 Å². The molecular formula is C18H17ClO3. The Morgan fingerprint density at radius 2 is 1.45 bits per heavy atom. The summed E-state index contributed by atoms with van der Waals surface area (Å²) in [6.45, 7) is 5.15. The molecule has 3 nitrogen and oxygen atoms in total. The van der Waals surface area contributed by atoms with Crippen molar-refractivity contribution < 1.29 is 14.3 Å². The quantitative estimate of drug-likeness (QED) is 0.352. The first-order valence-corrected chi connectivity index (χ1v) is 7.20. The molecule has 2 aromatic rings. The van der Waals surface area contributed by atoms with Crippen LogP contribution in [0.2, 0.25) is 0 Å². The van der Waals surface area contributed by atoms with E-state index in [-0.39, 0.29) is 5.38 Å².